The third-order valence-corrected chi connectivity index (χ3v) is 3.16. The van der Waals surface area contributed by atoms with Gasteiger partial charge in [0.25, 0.3) is 5.91 Å². The molecule has 1 aromatic carbocycles. The highest BCUT2D eigenvalue weighted by Gasteiger charge is 2.23. The van der Waals surface area contributed by atoms with Gasteiger partial charge in [0, 0.05) is 18.7 Å². The first kappa shape index (κ1) is 12.7. The van der Waals surface area contributed by atoms with Crippen molar-refractivity contribution in [3.8, 4) is 5.75 Å². The largest absolute Gasteiger partial charge is 0.495 e. The molecule has 18 heavy (non-hydrogen) atoms. The van der Waals surface area contributed by atoms with Crippen LogP contribution < -0.4 is 10.5 Å². The van der Waals surface area contributed by atoms with E-state index < -0.39 is 6.10 Å². The van der Waals surface area contributed by atoms with Crippen molar-refractivity contribution < 1.29 is 14.6 Å². The second-order valence-corrected chi connectivity index (χ2v) is 4.50. The maximum absolute atomic E-state index is 12.2. The van der Waals surface area contributed by atoms with E-state index in [-0.39, 0.29) is 5.91 Å². The first-order valence-electron chi connectivity index (χ1n) is 6.02. The predicted molar refractivity (Wildman–Crippen MR) is 68.6 cm³/mol. The molecule has 5 heteroatoms. The Morgan fingerprint density at radius 1 is 1.56 bits per heavy atom. The fourth-order valence-electron chi connectivity index (χ4n) is 2.17. The zero-order valence-electron chi connectivity index (χ0n) is 10.4. The summed E-state index contributed by atoms with van der Waals surface area (Å²) in [6, 6.07) is 4.98. The van der Waals surface area contributed by atoms with Crippen molar-refractivity contribution in [3.05, 3.63) is 23.8 Å². The summed E-state index contributed by atoms with van der Waals surface area (Å²) in [5, 5.41) is 9.58. The van der Waals surface area contributed by atoms with Crippen LogP contribution in [-0.4, -0.2) is 42.2 Å². The first-order valence-corrected chi connectivity index (χ1v) is 6.02. The molecule has 0 aliphatic carbocycles. The number of nitrogens with two attached hydrogens (primary N) is 1. The number of hydrogen-bond donors (Lipinski definition) is 2. The van der Waals surface area contributed by atoms with Crippen LogP contribution in [0.2, 0.25) is 0 Å². The highest BCUT2D eigenvalue weighted by molar-refractivity contribution is 5.95. The molecule has 1 aliphatic heterocycles. The van der Waals surface area contributed by atoms with Gasteiger partial charge in [0.1, 0.15) is 5.75 Å². The molecule has 1 fully saturated rings. The zero-order chi connectivity index (χ0) is 13.1. The number of hydrogen-bond acceptors (Lipinski definition) is 4. The molecular formula is C13H18N2O3. The third kappa shape index (κ3) is 2.56. The number of aliphatic hydroxyl groups excluding tert-OH is 1. The summed E-state index contributed by atoms with van der Waals surface area (Å²) >= 11 is 0. The number of amides is 1. The van der Waals surface area contributed by atoms with Gasteiger partial charge in [0.15, 0.2) is 0 Å². The van der Waals surface area contributed by atoms with Crippen molar-refractivity contribution in [1.82, 2.24) is 4.90 Å². The minimum absolute atomic E-state index is 0.0907. The second kappa shape index (κ2) is 5.27. The van der Waals surface area contributed by atoms with E-state index in [4.69, 9.17) is 10.5 Å². The molecular weight excluding hydrogens is 232 g/mol. The molecule has 2 rings (SSSR count). The number of rotatable bonds is 2. The predicted octanol–water partition coefficient (Wildman–Crippen LogP) is 0.874. The quantitative estimate of drug-likeness (QED) is 0.764. The molecule has 0 radical (unpaired) electrons. The number of nitrogen functional groups attached to an aromatic ring is 1. The molecule has 0 spiro atoms. The number of likely N-dealkylation sites (tertiary alicyclic amines) is 1. The lowest BCUT2D eigenvalue weighted by Crippen LogP contribution is -2.42. The molecule has 0 saturated carbocycles. The highest BCUT2D eigenvalue weighted by atomic mass is 16.5. The Morgan fingerprint density at radius 2 is 2.33 bits per heavy atom. The summed E-state index contributed by atoms with van der Waals surface area (Å²) in [5.74, 6) is 0.408. The summed E-state index contributed by atoms with van der Waals surface area (Å²) < 4.78 is 5.10. The van der Waals surface area contributed by atoms with E-state index >= 15 is 0 Å². The molecule has 1 atom stereocenters. The number of benzene rings is 1. The van der Waals surface area contributed by atoms with Gasteiger partial charge in [-0.15, -0.1) is 0 Å². The van der Waals surface area contributed by atoms with Crippen LogP contribution in [0.4, 0.5) is 5.69 Å². The van der Waals surface area contributed by atoms with E-state index in [0.29, 0.717) is 30.1 Å². The fourth-order valence-corrected chi connectivity index (χ4v) is 2.17. The molecule has 0 aromatic heterocycles. The van der Waals surface area contributed by atoms with Gasteiger partial charge in [-0.25, -0.2) is 0 Å². The standard InChI is InChI=1S/C13H18N2O3/c1-18-12-7-9(4-5-11(12)14)13(17)15-6-2-3-10(16)8-15/h4-5,7,10,16H,2-3,6,8,14H2,1H3. The number of ether oxygens (including phenoxy) is 1. The van der Waals surface area contributed by atoms with Gasteiger partial charge >= 0.3 is 0 Å². The summed E-state index contributed by atoms with van der Waals surface area (Å²) in [4.78, 5) is 13.9. The lowest BCUT2D eigenvalue weighted by atomic mass is 10.1. The van der Waals surface area contributed by atoms with Crippen LogP contribution in [0.5, 0.6) is 5.75 Å². The molecule has 1 aromatic rings. The molecule has 1 aliphatic rings. The van der Waals surface area contributed by atoms with Gasteiger partial charge in [0.05, 0.1) is 18.9 Å². The number of β-amino-alcohol motifs (C(OH)–C–C–N with tert-alkyl or cyclic N) is 1. The minimum atomic E-state index is -0.418. The number of aliphatic hydroxyl groups is 1. The molecule has 1 saturated heterocycles. The number of nitrogens with zero attached hydrogens (tertiary/aromatic N) is 1. The van der Waals surface area contributed by atoms with Crippen LogP contribution in [0.15, 0.2) is 18.2 Å². The second-order valence-electron chi connectivity index (χ2n) is 4.50. The van der Waals surface area contributed by atoms with Gasteiger partial charge < -0.3 is 20.5 Å². The van der Waals surface area contributed by atoms with Gasteiger partial charge in [-0.05, 0) is 31.0 Å². The third-order valence-electron chi connectivity index (χ3n) is 3.16. The van der Waals surface area contributed by atoms with Crippen molar-refractivity contribution in [2.75, 3.05) is 25.9 Å². The van der Waals surface area contributed by atoms with E-state index in [1.807, 2.05) is 0 Å². The average molecular weight is 250 g/mol. The van der Waals surface area contributed by atoms with Crippen molar-refractivity contribution in [2.24, 2.45) is 0 Å². The van der Waals surface area contributed by atoms with Crippen molar-refractivity contribution in [2.45, 2.75) is 18.9 Å². The first-order chi connectivity index (χ1) is 8.61. The van der Waals surface area contributed by atoms with Crippen LogP contribution in [0.25, 0.3) is 0 Å². The summed E-state index contributed by atoms with van der Waals surface area (Å²) in [6.45, 7) is 1.08. The van der Waals surface area contributed by atoms with E-state index in [9.17, 15) is 9.90 Å². The SMILES string of the molecule is COc1cc(C(=O)N2CCCC(O)C2)ccc1N. The van der Waals surface area contributed by atoms with Gasteiger partial charge in [-0.3, -0.25) is 4.79 Å². The molecule has 1 unspecified atom stereocenters. The number of carbonyl (C=O) groups excluding carboxylic acids is 1. The summed E-state index contributed by atoms with van der Waals surface area (Å²) in [5.41, 5.74) is 6.76. The van der Waals surface area contributed by atoms with Crippen molar-refractivity contribution >= 4 is 11.6 Å². The number of carbonyl (C=O) groups is 1. The Morgan fingerprint density at radius 3 is 3.00 bits per heavy atom. The minimum Gasteiger partial charge on any atom is -0.495 e. The number of methoxy groups -OCH3 is 1. The Kier molecular flexibility index (Phi) is 3.72. The lowest BCUT2D eigenvalue weighted by molar-refractivity contribution is 0.0473. The van der Waals surface area contributed by atoms with E-state index in [2.05, 4.69) is 0 Å². The molecule has 0 bridgehead atoms. The smallest absolute Gasteiger partial charge is 0.254 e. The fraction of sp³-hybridized carbons (Fsp3) is 0.462. The Hall–Kier alpha value is -1.75. The summed E-state index contributed by atoms with van der Waals surface area (Å²) in [7, 11) is 1.52. The van der Waals surface area contributed by atoms with Crippen LogP contribution >= 0.6 is 0 Å². The normalized spacial score (nSPS) is 19.7. The van der Waals surface area contributed by atoms with Crippen molar-refractivity contribution in [3.63, 3.8) is 0 Å². The molecule has 1 heterocycles. The molecule has 5 nitrogen and oxygen atoms in total. The van der Waals surface area contributed by atoms with Crippen LogP contribution in [0.3, 0.4) is 0 Å². The van der Waals surface area contributed by atoms with E-state index in [0.717, 1.165) is 12.8 Å². The Bertz CT molecular complexity index is 448. The van der Waals surface area contributed by atoms with Gasteiger partial charge in [-0.2, -0.15) is 0 Å². The van der Waals surface area contributed by atoms with Crippen LogP contribution in [0.1, 0.15) is 23.2 Å². The zero-order valence-corrected chi connectivity index (χ0v) is 10.4. The van der Waals surface area contributed by atoms with Gasteiger partial charge in [-0.1, -0.05) is 0 Å². The van der Waals surface area contributed by atoms with Crippen LogP contribution in [0, 0.1) is 0 Å². The van der Waals surface area contributed by atoms with Crippen molar-refractivity contribution in [1.29, 1.82) is 0 Å². The molecule has 98 valence electrons. The number of anilines is 1. The maximum Gasteiger partial charge on any atom is 0.254 e. The summed E-state index contributed by atoms with van der Waals surface area (Å²) in [6.07, 6.45) is 1.17. The highest BCUT2D eigenvalue weighted by Crippen LogP contribution is 2.23. The molecule has 1 amide bonds. The Balaban J connectivity index is 2.17. The maximum atomic E-state index is 12.2. The number of piperidine rings is 1. The molecule has 3 N–H and O–H groups in total. The monoisotopic (exact) mass is 250 g/mol. The topological polar surface area (TPSA) is 75.8 Å². The van der Waals surface area contributed by atoms with E-state index in [1.165, 1.54) is 7.11 Å². The van der Waals surface area contributed by atoms with Gasteiger partial charge in [0.2, 0.25) is 0 Å². The van der Waals surface area contributed by atoms with Crippen LogP contribution in [-0.2, 0) is 0 Å². The lowest BCUT2D eigenvalue weighted by Gasteiger charge is -2.30. The average Bonchev–Trinajstić information content (AvgIpc) is 2.38. The van der Waals surface area contributed by atoms with E-state index in [1.54, 1.807) is 23.1 Å². The Labute approximate surface area is 106 Å².